The predicted octanol–water partition coefficient (Wildman–Crippen LogP) is 3.37. The van der Waals surface area contributed by atoms with E-state index in [0.29, 0.717) is 29.4 Å². The average molecular weight is 399 g/mol. The van der Waals surface area contributed by atoms with Gasteiger partial charge in [-0.1, -0.05) is 29.3 Å². The Morgan fingerprint density at radius 3 is 2.56 bits per heavy atom. The SMILES string of the molecule is O=C(NCC1CC(S(=O)(=O)c2cccc(Cl)c2)C1)c1ccc(Cl)cn1. The molecule has 25 heavy (non-hydrogen) atoms. The molecule has 1 saturated carbocycles. The highest BCUT2D eigenvalue weighted by molar-refractivity contribution is 7.92. The first-order chi connectivity index (χ1) is 11.9. The van der Waals surface area contributed by atoms with E-state index in [-0.39, 0.29) is 22.4 Å². The maximum absolute atomic E-state index is 12.5. The number of hydrogen-bond donors (Lipinski definition) is 1. The van der Waals surface area contributed by atoms with E-state index in [0.717, 1.165) is 0 Å². The first-order valence-corrected chi connectivity index (χ1v) is 10.1. The van der Waals surface area contributed by atoms with Crippen molar-refractivity contribution in [2.75, 3.05) is 6.54 Å². The smallest absolute Gasteiger partial charge is 0.269 e. The third kappa shape index (κ3) is 4.14. The van der Waals surface area contributed by atoms with E-state index in [2.05, 4.69) is 10.3 Å². The summed E-state index contributed by atoms with van der Waals surface area (Å²) in [6.45, 7) is 0.421. The van der Waals surface area contributed by atoms with Crippen LogP contribution in [0.15, 0.2) is 47.5 Å². The number of halogens is 2. The van der Waals surface area contributed by atoms with Crippen LogP contribution in [0.2, 0.25) is 10.0 Å². The van der Waals surface area contributed by atoms with Crippen molar-refractivity contribution >= 4 is 38.9 Å². The minimum absolute atomic E-state index is 0.134. The molecule has 1 heterocycles. The molecular weight excluding hydrogens is 383 g/mol. The molecule has 0 saturated heterocycles. The zero-order valence-corrected chi connectivity index (χ0v) is 15.5. The number of sulfone groups is 1. The van der Waals surface area contributed by atoms with Gasteiger partial charge in [-0.05, 0) is 49.1 Å². The van der Waals surface area contributed by atoms with Gasteiger partial charge in [0.25, 0.3) is 5.91 Å². The Kier molecular flexibility index (Phi) is 5.32. The molecule has 3 rings (SSSR count). The molecule has 0 spiro atoms. The quantitative estimate of drug-likeness (QED) is 0.837. The summed E-state index contributed by atoms with van der Waals surface area (Å²) < 4.78 is 25.1. The highest BCUT2D eigenvalue weighted by Gasteiger charge is 2.39. The third-order valence-electron chi connectivity index (χ3n) is 4.27. The molecule has 0 unspecified atom stereocenters. The zero-order valence-electron chi connectivity index (χ0n) is 13.2. The molecule has 0 aliphatic heterocycles. The Morgan fingerprint density at radius 1 is 1.16 bits per heavy atom. The molecule has 1 amide bonds. The van der Waals surface area contributed by atoms with Gasteiger partial charge in [-0.3, -0.25) is 4.79 Å². The lowest BCUT2D eigenvalue weighted by Gasteiger charge is -2.34. The minimum atomic E-state index is -3.38. The van der Waals surface area contributed by atoms with Crippen LogP contribution >= 0.6 is 23.2 Å². The molecule has 0 bridgehead atoms. The largest absolute Gasteiger partial charge is 0.350 e. The molecule has 1 aromatic carbocycles. The Morgan fingerprint density at radius 2 is 1.92 bits per heavy atom. The predicted molar refractivity (Wildman–Crippen MR) is 96.7 cm³/mol. The van der Waals surface area contributed by atoms with E-state index >= 15 is 0 Å². The number of hydrogen-bond acceptors (Lipinski definition) is 4. The van der Waals surface area contributed by atoms with Crippen LogP contribution in [-0.2, 0) is 9.84 Å². The van der Waals surface area contributed by atoms with E-state index in [1.807, 2.05) is 0 Å². The fourth-order valence-corrected chi connectivity index (χ4v) is 5.13. The van der Waals surface area contributed by atoms with E-state index in [1.54, 1.807) is 30.3 Å². The van der Waals surface area contributed by atoms with Gasteiger partial charge < -0.3 is 5.32 Å². The second kappa shape index (κ2) is 7.32. The van der Waals surface area contributed by atoms with Crippen molar-refractivity contribution in [2.24, 2.45) is 5.92 Å². The Labute approximate surface area is 156 Å². The lowest BCUT2D eigenvalue weighted by atomic mass is 9.85. The van der Waals surface area contributed by atoms with Crippen LogP contribution in [-0.4, -0.2) is 31.1 Å². The average Bonchev–Trinajstić information content (AvgIpc) is 2.53. The first-order valence-electron chi connectivity index (χ1n) is 7.75. The van der Waals surface area contributed by atoms with Gasteiger partial charge in [-0.2, -0.15) is 0 Å². The fourth-order valence-electron chi connectivity index (χ4n) is 2.77. The van der Waals surface area contributed by atoms with Crippen molar-refractivity contribution in [3.05, 3.63) is 58.3 Å². The minimum Gasteiger partial charge on any atom is -0.350 e. The van der Waals surface area contributed by atoms with Gasteiger partial charge >= 0.3 is 0 Å². The Balaban J connectivity index is 1.52. The van der Waals surface area contributed by atoms with Crippen molar-refractivity contribution < 1.29 is 13.2 Å². The number of nitrogens with one attached hydrogen (secondary N) is 1. The Bertz CT molecular complexity index is 879. The molecule has 1 fully saturated rings. The number of rotatable bonds is 5. The van der Waals surface area contributed by atoms with Gasteiger partial charge in [0, 0.05) is 17.8 Å². The number of pyridine rings is 1. The van der Waals surface area contributed by atoms with Crippen LogP contribution in [0, 0.1) is 5.92 Å². The number of carbonyl (C=O) groups excluding carboxylic acids is 1. The lowest BCUT2D eigenvalue weighted by molar-refractivity contribution is 0.0934. The monoisotopic (exact) mass is 398 g/mol. The summed E-state index contributed by atoms with van der Waals surface area (Å²) in [5, 5.41) is 3.22. The number of carbonyl (C=O) groups is 1. The van der Waals surface area contributed by atoms with Crippen LogP contribution in [0.4, 0.5) is 0 Å². The van der Waals surface area contributed by atoms with Gasteiger partial charge in [0.1, 0.15) is 5.69 Å². The van der Waals surface area contributed by atoms with E-state index in [4.69, 9.17) is 23.2 Å². The van der Waals surface area contributed by atoms with E-state index in [1.165, 1.54) is 12.3 Å². The third-order valence-corrected chi connectivity index (χ3v) is 6.90. The number of nitrogens with zero attached hydrogens (tertiary/aromatic N) is 1. The summed E-state index contributed by atoms with van der Waals surface area (Å²) in [6.07, 6.45) is 2.44. The molecule has 1 aliphatic carbocycles. The van der Waals surface area contributed by atoms with Gasteiger partial charge in [-0.15, -0.1) is 0 Å². The summed E-state index contributed by atoms with van der Waals surface area (Å²) in [4.78, 5) is 16.2. The molecule has 8 heteroatoms. The summed E-state index contributed by atoms with van der Waals surface area (Å²) >= 11 is 11.6. The summed E-state index contributed by atoms with van der Waals surface area (Å²) in [7, 11) is -3.38. The van der Waals surface area contributed by atoms with Crippen molar-refractivity contribution in [1.82, 2.24) is 10.3 Å². The second-order valence-corrected chi connectivity index (χ2v) is 9.13. The summed E-state index contributed by atoms with van der Waals surface area (Å²) in [6, 6.07) is 9.45. The maximum atomic E-state index is 12.5. The highest BCUT2D eigenvalue weighted by Crippen LogP contribution is 2.36. The van der Waals surface area contributed by atoms with Crippen LogP contribution < -0.4 is 5.32 Å². The molecule has 1 aromatic heterocycles. The topological polar surface area (TPSA) is 76.1 Å². The highest BCUT2D eigenvalue weighted by atomic mass is 35.5. The Hall–Kier alpha value is -1.63. The van der Waals surface area contributed by atoms with Crippen molar-refractivity contribution in [3.63, 3.8) is 0 Å². The molecule has 0 atom stereocenters. The molecule has 1 N–H and O–H groups in total. The normalized spacial score (nSPS) is 19.9. The van der Waals surface area contributed by atoms with Gasteiger partial charge in [0.05, 0.1) is 15.2 Å². The number of aromatic nitrogens is 1. The fraction of sp³-hybridized carbons (Fsp3) is 0.294. The van der Waals surface area contributed by atoms with Gasteiger partial charge in [0.2, 0.25) is 0 Å². The maximum Gasteiger partial charge on any atom is 0.269 e. The standard InChI is InChI=1S/C17H16Cl2N2O3S/c18-12-2-1-3-14(8-12)25(23,24)15-6-11(7-15)9-21-17(22)16-5-4-13(19)10-20-16/h1-5,8,10-11,15H,6-7,9H2,(H,21,22). The zero-order chi connectivity index (χ0) is 18.0. The molecule has 1 aliphatic rings. The second-order valence-electron chi connectivity index (χ2n) is 6.03. The van der Waals surface area contributed by atoms with Crippen molar-refractivity contribution in [1.29, 1.82) is 0 Å². The summed E-state index contributed by atoms with van der Waals surface area (Å²) in [5.41, 5.74) is 0.284. The lowest BCUT2D eigenvalue weighted by Crippen LogP contribution is -2.42. The van der Waals surface area contributed by atoms with Crippen molar-refractivity contribution in [2.45, 2.75) is 23.0 Å². The van der Waals surface area contributed by atoms with E-state index in [9.17, 15) is 13.2 Å². The van der Waals surface area contributed by atoms with Gasteiger partial charge in [-0.25, -0.2) is 13.4 Å². The molecular formula is C17H16Cl2N2O3S. The van der Waals surface area contributed by atoms with Crippen LogP contribution in [0.1, 0.15) is 23.3 Å². The van der Waals surface area contributed by atoms with Crippen LogP contribution in [0.5, 0.6) is 0 Å². The molecule has 0 radical (unpaired) electrons. The van der Waals surface area contributed by atoms with Crippen LogP contribution in [0.3, 0.4) is 0 Å². The van der Waals surface area contributed by atoms with Crippen LogP contribution in [0.25, 0.3) is 0 Å². The number of amides is 1. The molecule has 5 nitrogen and oxygen atoms in total. The summed E-state index contributed by atoms with van der Waals surface area (Å²) in [5.74, 6) is -0.159. The molecule has 132 valence electrons. The molecule has 2 aromatic rings. The number of benzene rings is 1. The van der Waals surface area contributed by atoms with Gasteiger partial charge in [0.15, 0.2) is 9.84 Å². The first kappa shape index (κ1) is 18.2. The van der Waals surface area contributed by atoms with E-state index < -0.39 is 15.1 Å². The van der Waals surface area contributed by atoms with Crippen molar-refractivity contribution in [3.8, 4) is 0 Å².